The van der Waals surface area contributed by atoms with E-state index in [0.29, 0.717) is 19.6 Å². The molecule has 0 fully saturated rings. The van der Waals surface area contributed by atoms with Crippen molar-refractivity contribution in [2.24, 2.45) is 16.9 Å². The van der Waals surface area contributed by atoms with E-state index in [-0.39, 0.29) is 18.8 Å². The first-order valence-electron chi connectivity index (χ1n) is 8.30. The van der Waals surface area contributed by atoms with E-state index in [1.54, 1.807) is 20.8 Å². The van der Waals surface area contributed by atoms with E-state index in [2.05, 4.69) is 26.3 Å². The highest BCUT2D eigenvalue weighted by atomic mass is 35.5. The number of quaternary nitrogens is 1. The topological polar surface area (TPSA) is 182 Å². The Morgan fingerprint density at radius 3 is 2.00 bits per heavy atom. The summed E-state index contributed by atoms with van der Waals surface area (Å²) in [7, 11) is 2.77. The number of ether oxygens (including phenoxy) is 2. The van der Waals surface area contributed by atoms with Crippen LogP contribution in [0, 0.1) is 5.41 Å². The highest BCUT2D eigenvalue weighted by molar-refractivity contribution is 5.88. The Labute approximate surface area is 167 Å². The minimum Gasteiger partial charge on any atom is -1.00 e. The predicted octanol–water partition coefficient (Wildman–Crippen LogP) is -4.88. The van der Waals surface area contributed by atoms with Crippen molar-refractivity contribution in [1.29, 1.82) is 0 Å². The van der Waals surface area contributed by atoms with Gasteiger partial charge in [-0.25, -0.2) is 4.79 Å². The summed E-state index contributed by atoms with van der Waals surface area (Å²) < 4.78 is 8.97. The first-order chi connectivity index (χ1) is 12.0. The van der Waals surface area contributed by atoms with Gasteiger partial charge in [0.15, 0.2) is 0 Å². The molecule has 0 aromatic heterocycles. The van der Waals surface area contributed by atoms with E-state index in [9.17, 15) is 14.4 Å². The molecule has 0 saturated heterocycles. The molecule has 0 aromatic carbocycles. The second-order valence-electron chi connectivity index (χ2n) is 6.19. The van der Waals surface area contributed by atoms with E-state index in [1.165, 1.54) is 21.1 Å². The van der Waals surface area contributed by atoms with E-state index >= 15 is 0 Å². The van der Waals surface area contributed by atoms with Crippen LogP contribution in [-0.2, 0) is 23.9 Å². The molecule has 0 aliphatic rings. The zero-order chi connectivity index (χ0) is 21.3. The molecule has 0 saturated carbocycles. The van der Waals surface area contributed by atoms with Crippen LogP contribution in [0.1, 0.15) is 40.5 Å². The molecule has 0 spiro atoms. The second-order valence-corrected chi connectivity index (χ2v) is 6.19. The summed E-state index contributed by atoms with van der Waals surface area (Å²) in [4.78, 5) is 33.0. The lowest BCUT2D eigenvalue weighted by atomic mass is 9.97. The summed E-state index contributed by atoms with van der Waals surface area (Å²) in [6, 6.07) is -0.671. The summed E-state index contributed by atoms with van der Waals surface area (Å²) in [5.41, 5.74) is 12.5. The lowest BCUT2D eigenvalue weighted by Gasteiger charge is -2.15. The fourth-order valence-electron chi connectivity index (χ4n) is 1.12. The van der Waals surface area contributed by atoms with Gasteiger partial charge in [0.25, 0.3) is 0 Å². The number of halogens is 1. The van der Waals surface area contributed by atoms with Crippen LogP contribution in [0.5, 0.6) is 0 Å². The Hall–Kier alpha value is -1.30. The van der Waals surface area contributed by atoms with Crippen molar-refractivity contribution in [1.82, 2.24) is 5.32 Å². The number of aliphatic hydroxyl groups excluding tert-OH is 1. The van der Waals surface area contributed by atoms with Gasteiger partial charge in [0, 0.05) is 13.1 Å². The predicted molar refractivity (Wildman–Crippen MR) is 97.3 cm³/mol. The molecule has 2 unspecified atom stereocenters. The summed E-state index contributed by atoms with van der Waals surface area (Å²) in [5, 5.41) is 11.6. The van der Waals surface area contributed by atoms with Crippen LogP contribution in [-0.4, -0.2) is 62.5 Å². The Morgan fingerprint density at radius 2 is 1.70 bits per heavy atom. The van der Waals surface area contributed by atoms with E-state index in [0.717, 1.165) is 0 Å². The largest absolute Gasteiger partial charge is 1.00 e. The molecule has 0 radical (unpaired) electrons. The summed E-state index contributed by atoms with van der Waals surface area (Å²) in [5.74, 6) is -1.45. The fourth-order valence-corrected chi connectivity index (χ4v) is 1.12. The number of methoxy groups -OCH3 is 1. The maximum atomic E-state index is 11.3. The Kier molecular flexibility index (Phi) is 24.0. The number of nitrogens with one attached hydrogen (secondary N) is 1. The summed E-state index contributed by atoms with van der Waals surface area (Å²) >= 11 is 0. The third-order valence-electron chi connectivity index (χ3n) is 2.78. The molecule has 0 amide bonds. The van der Waals surface area contributed by atoms with Crippen LogP contribution in [0.25, 0.3) is 0 Å². The molecular weight excluding hydrogens is 380 g/mol. The van der Waals surface area contributed by atoms with Gasteiger partial charge in [0.1, 0.15) is 6.10 Å². The maximum absolute atomic E-state index is 11.3. The van der Waals surface area contributed by atoms with Gasteiger partial charge in [-0.1, -0.05) is 0 Å². The van der Waals surface area contributed by atoms with Crippen molar-refractivity contribution in [3.8, 4) is 0 Å². The molecule has 9 N–H and O–H groups in total. The van der Waals surface area contributed by atoms with Gasteiger partial charge in [0.05, 0.1) is 12.5 Å². The molecule has 27 heavy (non-hydrogen) atoms. The number of esters is 3. The van der Waals surface area contributed by atoms with Gasteiger partial charge >= 0.3 is 17.9 Å². The van der Waals surface area contributed by atoms with Gasteiger partial charge in [-0.15, -0.1) is 0 Å². The fraction of sp³-hybridized carbons (Fsp3) is 0.812. The monoisotopic (exact) mass is 416 g/mol. The minimum atomic E-state index is -0.738. The lowest BCUT2D eigenvalue weighted by molar-refractivity contribution is -0.423. The zero-order valence-corrected chi connectivity index (χ0v) is 18.0. The average molecular weight is 417 g/mol. The van der Waals surface area contributed by atoms with Crippen LogP contribution < -0.4 is 34.9 Å². The molecule has 2 atom stereocenters. The highest BCUT2D eigenvalue weighted by Gasteiger charge is 2.25. The smallest absolute Gasteiger partial charge is 0.367 e. The number of carbonyl (C=O) groups excluding carboxylic acids is 3. The molecule has 0 bridgehead atoms. The Bertz CT molecular complexity index is 403. The molecule has 11 heteroatoms. The standard InChI is InChI=1S/C10H20N2O3.C5H11NO3.CH5N.ClH/c1-10(2,3)9(14)15-8(13)5-4-6-12-7-11;1-3(7)4(6)5(8)9-2;1-2;/h12H,4-7,11H2,1-3H3;3-4,7H,6H2,1-2H3;2H2,1H3;1H. The number of aliphatic hydroxyl groups is 1. The molecule has 0 aliphatic carbocycles. The van der Waals surface area contributed by atoms with Crippen molar-refractivity contribution >= 4 is 17.9 Å². The minimum absolute atomic E-state index is 0. The van der Waals surface area contributed by atoms with Crippen molar-refractivity contribution in [2.75, 3.05) is 27.4 Å². The van der Waals surface area contributed by atoms with Gasteiger partial charge in [-0.05, 0) is 47.7 Å². The molecule has 10 nitrogen and oxygen atoms in total. The molecular formula is C16H37ClN4O6. The Balaban J connectivity index is -0.000000190. The van der Waals surface area contributed by atoms with Crippen LogP contribution in [0.15, 0.2) is 0 Å². The normalized spacial score (nSPS) is 11.9. The molecule has 0 heterocycles. The van der Waals surface area contributed by atoms with E-state index in [1.807, 2.05) is 0 Å². The Morgan fingerprint density at radius 1 is 1.22 bits per heavy atom. The number of hydrogen-bond acceptors (Lipinski definition) is 9. The lowest BCUT2D eigenvalue weighted by Crippen LogP contribution is -3.00. The van der Waals surface area contributed by atoms with Crippen molar-refractivity contribution in [3.05, 3.63) is 0 Å². The quantitative estimate of drug-likeness (QED) is 0.117. The third kappa shape index (κ3) is 20.9. The van der Waals surface area contributed by atoms with Crippen LogP contribution >= 0.6 is 0 Å². The number of nitrogens with two attached hydrogens (primary N) is 2. The molecule has 0 rings (SSSR count). The SMILES string of the molecule is CC(C)(C)C(=O)OC(=O)CCCNCN.CN.COC(=O)C([NH3+])C(C)O.[Cl-]. The first-order valence-corrected chi connectivity index (χ1v) is 8.30. The van der Waals surface area contributed by atoms with Crippen molar-refractivity contribution in [3.63, 3.8) is 0 Å². The molecule has 0 aliphatic heterocycles. The second kappa shape index (κ2) is 19.5. The molecule has 164 valence electrons. The van der Waals surface area contributed by atoms with Crippen LogP contribution in [0.3, 0.4) is 0 Å². The third-order valence-corrected chi connectivity index (χ3v) is 2.78. The van der Waals surface area contributed by atoms with E-state index in [4.69, 9.17) is 10.8 Å². The maximum Gasteiger partial charge on any atom is 0.367 e. The van der Waals surface area contributed by atoms with E-state index < -0.39 is 35.5 Å². The summed E-state index contributed by atoms with van der Waals surface area (Å²) in [6.45, 7) is 7.65. The first kappa shape index (κ1) is 33.3. The number of carbonyl (C=O) groups is 3. The average Bonchev–Trinajstić information content (AvgIpc) is 2.58. The van der Waals surface area contributed by atoms with Crippen molar-refractivity contribution in [2.45, 2.75) is 52.7 Å². The molecule has 0 aromatic rings. The van der Waals surface area contributed by atoms with Crippen molar-refractivity contribution < 1.29 is 47.1 Å². The number of hydrogen-bond donors (Lipinski definition) is 5. The van der Waals surface area contributed by atoms with Gasteiger partial charge in [-0.3, -0.25) is 9.59 Å². The highest BCUT2D eigenvalue weighted by Crippen LogP contribution is 2.15. The van der Waals surface area contributed by atoms with Gasteiger partial charge in [0.2, 0.25) is 6.04 Å². The van der Waals surface area contributed by atoms with Crippen LogP contribution in [0.4, 0.5) is 0 Å². The van der Waals surface area contributed by atoms with Crippen LogP contribution in [0.2, 0.25) is 0 Å². The van der Waals surface area contributed by atoms with Gasteiger partial charge in [-0.2, -0.15) is 0 Å². The number of rotatable bonds is 7. The van der Waals surface area contributed by atoms with Gasteiger partial charge < -0.3 is 49.5 Å². The zero-order valence-electron chi connectivity index (χ0n) is 17.2. The summed E-state index contributed by atoms with van der Waals surface area (Å²) in [6.07, 6.45) is 0.111.